The maximum absolute atomic E-state index is 12.1. The first kappa shape index (κ1) is 14.8. The molecule has 108 valence electrons. The number of carbonyl (C=O) groups is 2. The Bertz CT molecular complexity index is 515. The number of hydrogen-bond acceptors (Lipinski definition) is 5. The molecule has 20 heavy (non-hydrogen) atoms. The summed E-state index contributed by atoms with van der Waals surface area (Å²) in [7, 11) is 0. The minimum Gasteiger partial charge on any atom is -0.368 e. The fourth-order valence-corrected chi connectivity index (χ4v) is 3.16. The third kappa shape index (κ3) is 3.47. The van der Waals surface area contributed by atoms with Crippen LogP contribution in [0.2, 0.25) is 0 Å². The third-order valence-corrected chi connectivity index (χ3v) is 4.02. The second-order valence-corrected chi connectivity index (χ2v) is 5.81. The van der Waals surface area contributed by atoms with Crippen LogP contribution in [0.25, 0.3) is 0 Å². The SMILES string of the molecule is Cc1cc(C)nc(SCC(=O)N2CCCC2C(N)=O)n1. The van der Waals surface area contributed by atoms with E-state index in [0.717, 1.165) is 17.8 Å². The smallest absolute Gasteiger partial charge is 0.240 e. The first-order valence-corrected chi connectivity index (χ1v) is 7.50. The molecule has 0 aliphatic carbocycles. The van der Waals surface area contributed by atoms with Crippen LogP contribution in [0.5, 0.6) is 0 Å². The van der Waals surface area contributed by atoms with Gasteiger partial charge in [0, 0.05) is 17.9 Å². The van der Waals surface area contributed by atoms with E-state index in [9.17, 15) is 9.59 Å². The van der Waals surface area contributed by atoms with Crippen molar-refractivity contribution in [2.24, 2.45) is 5.73 Å². The van der Waals surface area contributed by atoms with E-state index in [1.807, 2.05) is 19.9 Å². The zero-order valence-electron chi connectivity index (χ0n) is 11.6. The highest BCUT2D eigenvalue weighted by Crippen LogP contribution is 2.20. The third-order valence-electron chi connectivity index (χ3n) is 3.19. The fourth-order valence-electron chi connectivity index (χ4n) is 2.33. The molecule has 2 rings (SSSR count). The van der Waals surface area contributed by atoms with Gasteiger partial charge in [0.25, 0.3) is 0 Å². The van der Waals surface area contributed by atoms with Crippen LogP contribution in [0.15, 0.2) is 11.2 Å². The van der Waals surface area contributed by atoms with Gasteiger partial charge in [-0.1, -0.05) is 11.8 Å². The highest BCUT2D eigenvalue weighted by atomic mass is 32.2. The van der Waals surface area contributed by atoms with Crippen LogP contribution in [0.3, 0.4) is 0 Å². The lowest BCUT2D eigenvalue weighted by atomic mass is 10.2. The molecule has 1 atom stereocenters. The van der Waals surface area contributed by atoms with Gasteiger partial charge in [-0.3, -0.25) is 9.59 Å². The van der Waals surface area contributed by atoms with E-state index in [2.05, 4.69) is 9.97 Å². The molecular formula is C13H18N4O2S. The molecule has 1 fully saturated rings. The molecule has 7 heteroatoms. The Morgan fingerprint density at radius 3 is 2.65 bits per heavy atom. The van der Waals surface area contributed by atoms with Gasteiger partial charge in [0.2, 0.25) is 11.8 Å². The molecule has 0 radical (unpaired) electrons. The Balaban J connectivity index is 1.96. The van der Waals surface area contributed by atoms with E-state index in [1.54, 1.807) is 4.90 Å². The van der Waals surface area contributed by atoms with E-state index in [1.165, 1.54) is 11.8 Å². The van der Waals surface area contributed by atoms with Crippen molar-refractivity contribution in [1.29, 1.82) is 0 Å². The van der Waals surface area contributed by atoms with Crippen molar-refractivity contribution in [3.63, 3.8) is 0 Å². The van der Waals surface area contributed by atoms with Gasteiger partial charge < -0.3 is 10.6 Å². The molecule has 1 aromatic rings. The zero-order valence-corrected chi connectivity index (χ0v) is 12.4. The second-order valence-electron chi connectivity index (χ2n) is 4.87. The topological polar surface area (TPSA) is 89.2 Å². The summed E-state index contributed by atoms with van der Waals surface area (Å²) in [5.41, 5.74) is 7.07. The van der Waals surface area contributed by atoms with E-state index in [-0.39, 0.29) is 11.7 Å². The molecule has 2 heterocycles. The Morgan fingerprint density at radius 2 is 2.05 bits per heavy atom. The number of thioether (sulfide) groups is 1. The minimum absolute atomic E-state index is 0.0842. The molecule has 1 aliphatic heterocycles. The molecule has 0 bridgehead atoms. The van der Waals surface area contributed by atoms with Crippen LogP contribution in [0.1, 0.15) is 24.2 Å². The second kappa shape index (κ2) is 6.21. The van der Waals surface area contributed by atoms with Crippen molar-refractivity contribution in [2.45, 2.75) is 37.9 Å². The van der Waals surface area contributed by atoms with Crippen LogP contribution in [0.4, 0.5) is 0 Å². The van der Waals surface area contributed by atoms with Gasteiger partial charge in [-0.05, 0) is 32.8 Å². The predicted molar refractivity (Wildman–Crippen MR) is 76.2 cm³/mol. The summed E-state index contributed by atoms with van der Waals surface area (Å²) in [6, 6.07) is 1.43. The van der Waals surface area contributed by atoms with Gasteiger partial charge in [0.15, 0.2) is 5.16 Å². The van der Waals surface area contributed by atoms with Gasteiger partial charge >= 0.3 is 0 Å². The predicted octanol–water partition coefficient (Wildman–Crippen LogP) is 0.662. The number of nitrogens with two attached hydrogens (primary N) is 1. The number of rotatable bonds is 4. The number of aryl methyl sites for hydroxylation is 2. The van der Waals surface area contributed by atoms with Crippen molar-refractivity contribution in [3.05, 3.63) is 17.5 Å². The van der Waals surface area contributed by atoms with Crippen LogP contribution in [-0.2, 0) is 9.59 Å². The van der Waals surface area contributed by atoms with Crippen molar-refractivity contribution < 1.29 is 9.59 Å². The highest BCUT2D eigenvalue weighted by molar-refractivity contribution is 7.99. The first-order valence-electron chi connectivity index (χ1n) is 6.51. The molecule has 0 spiro atoms. The number of nitrogens with zero attached hydrogens (tertiary/aromatic N) is 3. The van der Waals surface area contributed by atoms with Crippen LogP contribution < -0.4 is 5.73 Å². The van der Waals surface area contributed by atoms with Gasteiger partial charge in [0.1, 0.15) is 6.04 Å². The molecule has 1 unspecified atom stereocenters. The summed E-state index contributed by atoms with van der Waals surface area (Å²) in [5, 5.41) is 0.589. The van der Waals surface area contributed by atoms with Gasteiger partial charge in [0.05, 0.1) is 5.75 Å². The summed E-state index contributed by atoms with van der Waals surface area (Å²) < 4.78 is 0. The maximum atomic E-state index is 12.1. The quantitative estimate of drug-likeness (QED) is 0.651. The normalized spacial score (nSPS) is 18.3. The largest absolute Gasteiger partial charge is 0.368 e. The Kier molecular flexibility index (Phi) is 4.59. The lowest BCUT2D eigenvalue weighted by molar-refractivity contribution is -0.135. The van der Waals surface area contributed by atoms with E-state index in [0.29, 0.717) is 18.1 Å². The highest BCUT2D eigenvalue weighted by Gasteiger charge is 2.32. The Morgan fingerprint density at radius 1 is 1.40 bits per heavy atom. The summed E-state index contributed by atoms with van der Waals surface area (Å²) >= 11 is 1.29. The molecule has 2 amide bonds. The average Bonchev–Trinajstić information content (AvgIpc) is 2.84. The van der Waals surface area contributed by atoms with Crippen LogP contribution in [0, 0.1) is 13.8 Å². The van der Waals surface area contributed by atoms with Crippen molar-refractivity contribution in [3.8, 4) is 0 Å². The molecule has 0 saturated carbocycles. The Hall–Kier alpha value is -1.63. The fraction of sp³-hybridized carbons (Fsp3) is 0.538. The molecule has 1 aliphatic rings. The average molecular weight is 294 g/mol. The van der Waals surface area contributed by atoms with Crippen LogP contribution >= 0.6 is 11.8 Å². The van der Waals surface area contributed by atoms with Gasteiger partial charge in [-0.2, -0.15) is 0 Å². The van der Waals surface area contributed by atoms with Crippen molar-refractivity contribution in [2.75, 3.05) is 12.3 Å². The van der Waals surface area contributed by atoms with Crippen molar-refractivity contribution in [1.82, 2.24) is 14.9 Å². The van der Waals surface area contributed by atoms with Crippen molar-refractivity contribution >= 4 is 23.6 Å². The lowest BCUT2D eigenvalue weighted by Crippen LogP contribution is -2.44. The molecule has 6 nitrogen and oxygen atoms in total. The summed E-state index contributed by atoms with van der Waals surface area (Å²) in [6.45, 7) is 4.38. The molecule has 2 N–H and O–H groups in total. The number of primary amides is 1. The minimum atomic E-state index is -0.455. The van der Waals surface area contributed by atoms with Gasteiger partial charge in [-0.25, -0.2) is 9.97 Å². The number of hydrogen-bond donors (Lipinski definition) is 1. The molecular weight excluding hydrogens is 276 g/mol. The maximum Gasteiger partial charge on any atom is 0.240 e. The van der Waals surface area contributed by atoms with Gasteiger partial charge in [-0.15, -0.1) is 0 Å². The van der Waals surface area contributed by atoms with E-state index in [4.69, 9.17) is 5.73 Å². The summed E-state index contributed by atoms with van der Waals surface area (Å²) in [4.78, 5) is 33.5. The van der Waals surface area contributed by atoms with Crippen LogP contribution in [-0.4, -0.2) is 45.0 Å². The molecule has 1 aromatic heterocycles. The zero-order chi connectivity index (χ0) is 14.7. The molecule has 1 saturated heterocycles. The standard InChI is InChI=1S/C13H18N4O2S/c1-8-6-9(2)16-13(15-8)20-7-11(18)17-5-3-4-10(17)12(14)19/h6,10H,3-5,7H2,1-2H3,(H2,14,19). The number of carbonyl (C=O) groups excluding carboxylic acids is 2. The number of aromatic nitrogens is 2. The number of likely N-dealkylation sites (tertiary alicyclic amines) is 1. The summed E-state index contributed by atoms with van der Waals surface area (Å²) in [6.07, 6.45) is 1.48. The molecule has 0 aromatic carbocycles. The first-order chi connectivity index (χ1) is 9.47. The number of amides is 2. The Labute approximate surface area is 122 Å². The van der Waals surface area contributed by atoms with E-state index >= 15 is 0 Å². The van der Waals surface area contributed by atoms with E-state index < -0.39 is 11.9 Å². The summed E-state index contributed by atoms with van der Waals surface area (Å²) in [5.74, 6) is -0.283. The monoisotopic (exact) mass is 294 g/mol. The lowest BCUT2D eigenvalue weighted by Gasteiger charge is -2.21.